The van der Waals surface area contributed by atoms with E-state index in [1.54, 1.807) is 0 Å². The number of ether oxygens (including phenoxy) is 1. The molecule has 19 heavy (non-hydrogen) atoms. The zero-order chi connectivity index (χ0) is 14.6. The lowest BCUT2D eigenvalue weighted by atomic mass is 9.92. The minimum Gasteiger partial charge on any atom is -0.491 e. The standard InChI is InChI=1S/C16H25NO2/c1-7-16(5,6)10-19-15-9-12(3)11(2)8-14(15)17-13(4)18/h8-9H,7,10H2,1-6H3,(H,17,18). The van der Waals surface area contributed by atoms with Gasteiger partial charge in [-0.1, -0.05) is 20.8 Å². The molecule has 3 heteroatoms. The lowest BCUT2D eigenvalue weighted by molar-refractivity contribution is -0.114. The van der Waals surface area contributed by atoms with Crippen molar-refractivity contribution in [3.8, 4) is 5.75 Å². The van der Waals surface area contributed by atoms with Crippen LogP contribution in [0, 0.1) is 19.3 Å². The second kappa shape index (κ2) is 6.09. The number of carbonyl (C=O) groups excluding carboxylic acids is 1. The Hall–Kier alpha value is -1.51. The number of benzene rings is 1. The molecule has 0 saturated carbocycles. The molecule has 3 nitrogen and oxygen atoms in total. The molecule has 0 aliphatic carbocycles. The number of amides is 1. The fourth-order valence-corrected chi connectivity index (χ4v) is 1.57. The topological polar surface area (TPSA) is 38.3 Å². The first kappa shape index (κ1) is 15.5. The van der Waals surface area contributed by atoms with Crippen LogP contribution in [0.4, 0.5) is 5.69 Å². The van der Waals surface area contributed by atoms with Crippen molar-refractivity contribution in [1.82, 2.24) is 0 Å². The first-order valence-corrected chi connectivity index (χ1v) is 6.77. The van der Waals surface area contributed by atoms with E-state index in [0.717, 1.165) is 23.4 Å². The number of hydrogen-bond acceptors (Lipinski definition) is 2. The molecule has 0 spiro atoms. The predicted octanol–water partition coefficient (Wildman–Crippen LogP) is 4.08. The van der Waals surface area contributed by atoms with Gasteiger partial charge in [-0.25, -0.2) is 0 Å². The van der Waals surface area contributed by atoms with E-state index in [-0.39, 0.29) is 11.3 Å². The van der Waals surface area contributed by atoms with Crippen molar-refractivity contribution in [2.75, 3.05) is 11.9 Å². The van der Waals surface area contributed by atoms with Crippen molar-refractivity contribution >= 4 is 11.6 Å². The zero-order valence-corrected chi connectivity index (χ0v) is 12.9. The molecule has 1 amide bonds. The molecule has 0 aliphatic rings. The molecule has 0 aliphatic heterocycles. The second-order valence-corrected chi connectivity index (χ2v) is 5.92. The molecule has 0 bridgehead atoms. The predicted molar refractivity (Wildman–Crippen MR) is 79.8 cm³/mol. The lowest BCUT2D eigenvalue weighted by Crippen LogP contribution is -2.21. The average Bonchev–Trinajstić information content (AvgIpc) is 2.31. The van der Waals surface area contributed by atoms with E-state index in [1.807, 2.05) is 26.0 Å². The normalized spacial score (nSPS) is 11.3. The van der Waals surface area contributed by atoms with Crippen LogP contribution in [0.1, 0.15) is 45.2 Å². The summed E-state index contributed by atoms with van der Waals surface area (Å²) in [6.07, 6.45) is 1.05. The summed E-state index contributed by atoms with van der Waals surface area (Å²) in [5.74, 6) is 0.669. The third-order valence-corrected chi connectivity index (χ3v) is 3.48. The van der Waals surface area contributed by atoms with E-state index < -0.39 is 0 Å². The van der Waals surface area contributed by atoms with Crippen molar-refractivity contribution in [1.29, 1.82) is 0 Å². The molecule has 0 unspecified atom stereocenters. The summed E-state index contributed by atoms with van der Waals surface area (Å²) in [5.41, 5.74) is 3.19. The minimum atomic E-state index is -0.0807. The van der Waals surface area contributed by atoms with Gasteiger partial charge in [0.1, 0.15) is 5.75 Å². The van der Waals surface area contributed by atoms with Gasteiger partial charge in [0.05, 0.1) is 12.3 Å². The van der Waals surface area contributed by atoms with Crippen LogP contribution in [0.15, 0.2) is 12.1 Å². The van der Waals surface area contributed by atoms with Gasteiger partial charge in [-0.15, -0.1) is 0 Å². The molecular weight excluding hydrogens is 238 g/mol. The Labute approximate surface area is 116 Å². The van der Waals surface area contributed by atoms with E-state index >= 15 is 0 Å². The molecule has 0 atom stereocenters. The maximum Gasteiger partial charge on any atom is 0.221 e. The Kier molecular flexibility index (Phi) is 4.98. The molecule has 1 aromatic rings. The fraction of sp³-hybridized carbons (Fsp3) is 0.562. The summed E-state index contributed by atoms with van der Waals surface area (Å²) in [4.78, 5) is 11.3. The van der Waals surface area contributed by atoms with Crippen LogP contribution in [0.3, 0.4) is 0 Å². The zero-order valence-electron chi connectivity index (χ0n) is 12.9. The van der Waals surface area contributed by atoms with E-state index in [9.17, 15) is 4.79 Å². The van der Waals surface area contributed by atoms with Gasteiger partial charge in [0, 0.05) is 6.92 Å². The number of hydrogen-bond donors (Lipinski definition) is 1. The van der Waals surface area contributed by atoms with Crippen molar-refractivity contribution in [2.24, 2.45) is 5.41 Å². The van der Waals surface area contributed by atoms with Gasteiger partial charge in [0.2, 0.25) is 5.91 Å². The summed E-state index contributed by atoms with van der Waals surface area (Å²) in [6.45, 7) is 12.7. The van der Waals surface area contributed by atoms with Gasteiger partial charge in [-0.2, -0.15) is 0 Å². The largest absolute Gasteiger partial charge is 0.491 e. The maximum atomic E-state index is 11.3. The van der Waals surface area contributed by atoms with Crippen molar-refractivity contribution in [3.05, 3.63) is 23.3 Å². The summed E-state index contributed by atoms with van der Waals surface area (Å²) in [7, 11) is 0. The van der Waals surface area contributed by atoms with Gasteiger partial charge in [-0.05, 0) is 48.9 Å². The van der Waals surface area contributed by atoms with Gasteiger partial charge in [0.15, 0.2) is 0 Å². The smallest absolute Gasteiger partial charge is 0.221 e. The van der Waals surface area contributed by atoms with Crippen LogP contribution < -0.4 is 10.1 Å². The highest BCUT2D eigenvalue weighted by atomic mass is 16.5. The third kappa shape index (κ3) is 4.58. The summed E-state index contributed by atoms with van der Waals surface area (Å²) < 4.78 is 5.91. The van der Waals surface area contributed by atoms with Crippen molar-refractivity contribution in [3.63, 3.8) is 0 Å². The van der Waals surface area contributed by atoms with Gasteiger partial charge >= 0.3 is 0 Å². The van der Waals surface area contributed by atoms with Gasteiger partial charge in [-0.3, -0.25) is 4.79 Å². The lowest BCUT2D eigenvalue weighted by Gasteiger charge is -2.24. The highest BCUT2D eigenvalue weighted by molar-refractivity contribution is 5.90. The Bertz CT molecular complexity index is 464. The molecule has 106 valence electrons. The number of rotatable bonds is 5. The summed E-state index contributed by atoms with van der Waals surface area (Å²) >= 11 is 0. The van der Waals surface area contributed by atoms with Crippen LogP contribution in [0.5, 0.6) is 5.75 Å². The molecular formula is C16H25NO2. The Morgan fingerprint density at radius 3 is 2.37 bits per heavy atom. The Balaban J connectivity index is 2.97. The van der Waals surface area contributed by atoms with E-state index in [1.165, 1.54) is 12.5 Å². The Morgan fingerprint density at radius 1 is 1.26 bits per heavy atom. The van der Waals surface area contributed by atoms with Crippen LogP contribution in [-0.4, -0.2) is 12.5 Å². The van der Waals surface area contributed by atoms with E-state index in [4.69, 9.17) is 4.74 Å². The molecule has 0 radical (unpaired) electrons. The quantitative estimate of drug-likeness (QED) is 0.869. The van der Waals surface area contributed by atoms with Crippen LogP contribution >= 0.6 is 0 Å². The first-order valence-electron chi connectivity index (χ1n) is 6.77. The molecule has 1 aromatic carbocycles. The van der Waals surface area contributed by atoms with E-state index in [2.05, 4.69) is 26.1 Å². The van der Waals surface area contributed by atoms with Gasteiger partial charge < -0.3 is 10.1 Å². The molecule has 0 heterocycles. The molecule has 0 aromatic heterocycles. The average molecular weight is 263 g/mol. The highest BCUT2D eigenvalue weighted by Crippen LogP contribution is 2.30. The molecule has 0 fully saturated rings. The van der Waals surface area contributed by atoms with Crippen LogP contribution in [-0.2, 0) is 4.79 Å². The minimum absolute atomic E-state index is 0.0807. The van der Waals surface area contributed by atoms with Crippen molar-refractivity contribution < 1.29 is 9.53 Å². The number of anilines is 1. The highest BCUT2D eigenvalue weighted by Gasteiger charge is 2.17. The second-order valence-electron chi connectivity index (χ2n) is 5.92. The monoisotopic (exact) mass is 263 g/mol. The number of carbonyl (C=O) groups is 1. The van der Waals surface area contributed by atoms with Crippen LogP contribution in [0.25, 0.3) is 0 Å². The molecule has 1 rings (SSSR count). The first-order chi connectivity index (χ1) is 8.75. The summed E-state index contributed by atoms with van der Waals surface area (Å²) in [6, 6.07) is 3.96. The fourth-order valence-electron chi connectivity index (χ4n) is 1.57. The van der Waals surface area contributed by atoms with Crippen LogP contribution in [0.2, 0.25) is 0 Å². The van der Waals surface area contributed by atoms with E-state index in [0.29, 0.717) is 6.61 Å². The maximum absolute atomic E-state index is 11.3. The number of aryl methyl sites for hydroxylation is 2. The summed E-state index contributed by atoms with van der Waals surface area (Å²) in [5, 5.41) is 2.83. The van der Waals surface area contributed by atoms with Gasteiger partial charge in [0.25, 0.3) is 0 Å². The number of nitrogens with one attached hydrogen (secondary N) is 1. The third-order valence-electron chi connectivity index (χ3n) is 3.48. The SMILES string of the molecule is CCC(C)(C)COc1cc(C)c(C)cc1NC(C)=O. The molecule has 0 saturated heterocycles. The molecule has 1 N–H and O–H groups in total. The van der Waals surface area contributed by atoms with Crippen molar-refractivity contribution in [2.45, 2.75) is 48.0 Å². The Morgan fingerprint density at radius 2 is 1.84 bits per heavy atom.